The predicted molar refractivity (Wildman–Crippen MR) is 81.7 cm³/mol. The Labute approximate surface area is 118 Å². The smallest absolute Gasteiger partial charge is 0.163 e. The van der Waals surface area contributed by atoms with Crippen LogP contribution in [0.2, 0.25) is 0 Å². The van der Waals surface area contributed by atoms with E-state index in [0.29, 0.717) is 22.3 Å². The van der Waals surface area contributed by atoms with Gasteiger partial charge in [-0.3, -0.25) is 0 Å². The maximum atomic E-state index is 5.66. The van der Waals surface area contributed by atoms with Gasteiger partial charge in [-0.1, -0.05) is 38.2 Å². The van der Waals surface area contributed by atoms with Crippen LogP contribution in [-0.2, 0) is 0 Å². The third-order valence-corrected chi connectivity index (χ3v) is 3.05. The fourth-order valence-electron chi connectivity index (χ4n) is 1.71. The molecule has 0 fully saturated rings. The van der Waals surface area contributed by atoms with Gasteiger partial charge in [-0.25, -0.2) is 0 Å². The number of anilines is 2. The Kier molecular flexibility index (Phi) is 4.06. The predicted octanol–water partition coefficient (Wildman–Crippen LogP) is 2.98. The number of thiocarbonyl (C=S) groups is 1. The lowest BCUT2D eigenvalue weighted by atomic mass is 10.0. The third-order valence-electron chi connectivity index (χ3n) is 2.83. The van der Waals surface area contributed by atoms with E-state index in [0.717, 1.165) is 5.69 Å². The molecule has 2 aromatic rings. The number of hydrogen-bond acceptors (Lipinski definition) is 4. The molecular weight excluding hydrogens is 256 g/mol. The zero-order valence-corrected chi connectivity index (χ0v) is 11.7. The van der Waals surface area contributed by atoms with E-state index in [1.807, 2.05) is 12.1 Å². The van der Waals surface area contributed by atoms with Crippen molar-refractivity contribution in [1.29, 1.82) is 0 Å². The summed E-state index contributed by atoms with van der Waals surface area (Å²) in [7, 11) is 0. The Hall–Kier alpha value is -2.01. The van der Waals surface area contributed by atoms with Crippen molar-refractivity contribution in [2.24, 2.45) is 5.73 Å². The van der Waals surface area contributed by atoms with Crippen LogP contribution in [0, 0.1) is 0 Å². The number of nitrogens with one attached hydrogen (secondary N) is 1. The topological polar surface area (TPSA) is 63.8 Å². The van der Waals surface area contributed by atoms with Crippen LogP contribution >= 0.6 is 12.2 Å². The lowest BCUT2D eigenvalue weighted by Crippen LogP contribution is -2.13. The maximum Gasteiger partial charge on any atom is 0.163 e. The Morgan fingerprint density at radius 3 is 2.47 bits per heavy atom. The second-order valence-electron chi connectivity index (χ2n) is 4.56. The fraction of sp³-hybridized carbons (Fsp3) is 0.214. The standard InChI is InChI=1S/C14H16N4S/c1-9(2)10-3-5-11(6-4-10)17-14-12(13(15)19)7-8-16-18-14/h3-9H,1-2H3,(H2,15,19)(H,17,18). The minimum absolute atomic E-state index is 0.302. The highest BCUT2D eigenvalue weighted by Crippen LogP contribution is 2.21. The first kappa shape index (κ1) is 13.4. The highest BCUT2D eigenvalue weighted by molar-refractivity contribution is 7.80. The zero-order chi connectivity index (χ0) is 13.8. The number of aromatic nitrogens is 2. The minimum Gasteiger partial charge on any atom is -0.389 e. The molecule has 4 nitrogen and oxygen atoms in total. The summed E-state index contributed by atoms with van der Waals surface area (Å²) < 4.78 is 0. The second kappa shape index (κ2) is 5.75. The molecule has 2 rings (SSSR count). The van der Waals surface area contributed by atoms with Crippen LogP contribution in [0.4, 0.5) is 11.5 Å². The molecule has 19 heavy (non-hydrogen) atoms. The van der Waals surface area contributed by atoms with E-state index in [1.165, 1.54) is 5.56 Å². The van der Waals surface area contributed by atoms with Crippen molar-refractivity contribution in [2.45, 2.75) is 19.8 Å². The summed E-state index contributed by atoms with van der Waals surface area (Å²) in [5.41, 5.74) is 8.57. The third kappa shape index (κ3) is 3.26. The van der Waals surface area contributed by atoms with Crippen molar-refractivity contribution in [3.8, 4) is 0 Å². The van der Waals surface area contributed by atoms with E-state index < -0.39 is 0 Å². The average molecular weight is 272 g/mol. The van der Waals surface area contributed by atoms with Gasteiger partial charge in [0.05, 0.1) is 11.8 Å². The molecule has 0 aliphatic rings. The SMILES string of the molecule is CC(C)c1ccc(Nc2nnccc2C(N)=S)cc1. The summed E-state index contributed by atoms with van der Waals surface area (Å²) in [6.07, 6.45) is 1.57. The first-order chi connectivity index (χ1) is 9.08. The molecular formula is C14H16N4S. The van der Waals surface area contributed by atoms with E-state index in [2.05, 4.69) is 41.5 Å². The first-order valence-electron chi connectivity index (χ1n) is 6.06. The van der Waals surface area contributed by atoms with Gasteiger partial charge in [0.1, 0.15) is 4.99 Å². The van der Waals surface area contributed by atoms with E-state index in [9.17, 15) is 0 Å². The molecule has 1 aromatic heterocycles. The lowest BCUT2D eigenvalue weighted by Gasteiger charge is -2.10. The van der Waals surface area contributed by atoms with Gasteiger partial charge in [0, 0.05) is 5.69 Å². The summed E-state index contributed by atoms with van der Waals surface area (Å²) in [6.45, 7) is 4.33. The molecule has 1 heterocycles. The Bertz CT molecular complexity index is 578. The van der Waals surface area contributed by atoms with Gasteiger partial charge in [-0.05, 0) is 29.7 Å². The van der Waals surface area contributed by atoms with Crippen molar-refractivity contribution >= 4 is 28.7 Å². The molecule has 0 aliphatic carbocycles. The van der Waals surface area contributed by atoms with Gasteiger partial charge in [-0.15, -0.1) is 5.10 Å². The molecule has 0 unspecified atom stereocenters. The Balaban J connectivity index is 2.24. The van der Waals surface area contributed by atoms with Crippen LogP contribution in [0.5, 0.6) is 0 Å². The molecule has 0 amide bonds. The van der Waals surface area contributed by atoms with Gasteiger partial charge in [0.2, 0.25) is 0 Å². The highest BCUT2D eigenvalue weighted by Gasteiger charge is 2.07. The van der Waals surface area contributed by atoms with Gasteiger partial charge < -0.3 is 11.1 Å². The summed E-state index contributed by atoms with van der Waals surface area (Å²) in [5.74, 6) is 1.09. The quantitative estimate of drug-likeness (QED) is 0.838. The number of benzene rings is 1. The fourth-order valence-corrected chi connectivity index (χ4v) is 1.88. The van der Waals surface area contributed by atoms with Crippen molar-refractivity contribution < 1.29 is 0 Å². The van der Waals surface area contributed by atoms with Crippen molar-refractivity contribution in [3.05, 3.63) is 47.7 Å². The monoisotopic (exact) mass is 272 g/mol. The molecule has 98 valence electrons. The number of hydrogen-bond donors (Lipinski definition) is 2. The zero-order valence-electron chi connectivity index (χ0n) is 10.9. The van der Waals surface area contributed by atoms with Crippen LogP contribution in [0.15, 0.2) is 36.5 Å². The van der Waals surface area contributed by atoms with Crippen LogP contribution in [-0.4, -0.2) is 15.2 Å². The van der Waals surface area contributed by atoms with Gasteiger partial charge in [0.25, 0.3) is 0 Å². The average Bonchev–Trinajstić information content (AvgIpc) is 2.39. The van der Waals surface area contributed by atoms with E-state index in [1.54, 1.807) is 12.3 Å². The van der Waals surface area contributed by atoms with Crippen LogP contribution < -0.4 is 11.1 Å². The second-order valence-corrected chi connectivity index (χ2v) is 5.00. The number of nitrogens with zero attached hydrogens (tertiary/aromatic N) is 2. The van der Waals surface area contributed by atoms with Crippen molar-refractivity contribution in [1.82, 2.24) is 10.2 Å². The minimum atomic E-state index is 0.302. The van der Waals surface area contributed by atoms with Gasteiger partial charge >= 0.3 is 0 Å². The van der Waals surface area contributed by atoms with Crippen LogP contribution in [0.1, 0.15) is 30.9 Å². The highest BCUT2D eigenvalue weighted by atomic mass is 32.1. The van der Waals surface area contributed by atoms with E-state index in [-0.39, 0.29) is 0 Å². The van der Waals surface area contributed by atoms with Crippen molar-refractivity contribution in [2.75, 3.05) is 5.32 Å². The number of rotatable bonds is 4. The normalized spacial score (nSPS) is 10.5. The number of nitrogens with two attached hydrogens (primary N) is 1. The molecule has 1 aromatic carbocycles. The summed E-state index contributed by atoms with van der Waals surface area (Å²) >= 11 is 4.99. The van der Waals surface area contributed by atoms with E-state index in [4.69, 9.17) is 18.0 Å². The Morgan fingerprint density at radius 1 is 1.21 bits per heavy atom. The molecule has 0 saturated heterocycles. The molecule has 0 bridgehead atoms. The Morgan fingerprint density at radius 2 is 1.89 bits per heavy atom. The summed E-state index contributed by atoms with van der Waals surface area (Å²) in [4.78, 5) is 0.302. The molecule has 0 spiro atoms. The van der Waals surface area contributed by atoms with Crippen LogP contribution in [0.3, 0.4) is 0 Å². The molecule has 3 N–H and O–H groups in total. The summed E-state index contributed by atoms with van der Waals surface area (Å²) in [6, 6.07) is 9.94. The van der Waals surface area contributed by atoms with Crippen LogP contribution in [0.25, 0.3) is 0 Å². The maximum absolute atomic E-state index is 5.66. The molecule has 0 radical (unpaired) electrons. The molecule has 5 heteroatoms. The first-order valence-corrected chi connectivity index (χ1v) is 6.47. The largest absolute Gasteiger partial charge is 0.389 e. The molecule has 0 saturated carbocycles. The molecule has 0 aliphatic heterocycles. The molecule has 0 atom stereocenters. The summed E-state index contributed by atoms with van der Waals surface area (Å²) in [5, 5.41) is 11.0. The van der Waals surface area contributed by atoms with Crippen molar-refractivity contribution in [3.63, 3.8) is 0 Å². The van der Waals surface area contributed by atoms with Gasteiger partial charge in [-0.2, -0.15) is 5.10 Å². The van der Waals surface area contributed by atoms with Gasteiger partial charge in [0.15, 0.2) is 5.82 Å². The lowest BCUT2D eigenvalue weighted by molar-refractivity contribution is 0.867. The van der Waals surface area contributed by atoms with E-state index >= 15 is 0 Å².